The van der Waals surface area contributed by atoms with Gasteiger partial charge in [0.2, 0.25) is 5.91 Å². The molecular weight excluding hydrogens is 208 g/mol. The number of rotatable bonds is 0. The van der Waals surface area contributed by atoms with Crippen LogP contribution >= 0.6 is 24.4 Å². The predicted molar refractivity (Wildman–Crippen MR) is 61.3 cm³/mol. The molecule has 0 aromatic heterocycles. The van der Waals surface area contributed by atoms with Crippen LogP contribution in [0.15, 0.2) is 0 Å². The highest BCUT2D eigenvalue weighted by Gasteiger charge is 1.90. The molecule has 0 rings (SSSR count). The van der Waals surface area contributed by atoms with Crippen LogP contribution in [0, 0.1) is 0 Å². The first kappa shape index (κ1) is 14.6. The average molecular weight is 222 g/mol. The van der Waals surface area contributed by atoms with Gasteiger partial charge in [-0.25, -0.2) is 0 Å². The Morgan fingerprint density at radius 3 is 1.69 bits per heavy atom. The van der Waals surface area contributed by atoms with Crippen molar-refractivity contribution in [2.24, 2.45) is 5.73 Å². The molecule has 0 radical (unpaired) electrons. The van der Waals surface area contributed by atoms with Crippen molar-refractivity contribution >= 4 is 40.6 Å². The quantitative estimate of drug-likeness (QED) is 0.397. The number of thiocarbonyl (C=S) groups is 2. The Bertz CT molecular complexity index is 195. The van der Waals surface area contributed by atoms with Gasteiger partial charge in [0, 0.05) is 21.0 Å². The number of amides is 1. The summed E-state index contributed by atoms with van der Waals surface area (Å²) < 4.78 is 0. The fourth-order valence-electron chi connectivity index (χ4n) is 0.222. The summed E-state index contributed by atoms with van der Waals surface area (Å²) in [5.74, 6) is -0.149. The smallest absolute Gasteiger partial charge is 0.222 e. The number of hydrogen-bond donors (Lipinski definition) is 4. The van der Waals surface area contributed by atoms with Crippen molar-refractivity contribution in [1.82, 2.24) is 16.0 Å². The van der Waals surface area contributed by atoms with E-state index in [1.807, 2.05) is 0 Å². The van der Waals surface area contributed by atoms with Crippen molar-refractivity contribution in [2.75, 3.05) is 14.1 Å². The van der Waals surface area contributed by atoms with E-state index in [1.54, 1.807) is 14.1 Å². The zero-order valence-electron chi connectivity index (χ0n) is 7.80. The van der Waals surface area contributed by atoms with E-state index < -0.39 is 0 Å². The largest absolute Gasteiger partial charge is 0.376 e. The van der Waals surface area contributed by atoms with Crippen LogP contribution in [0.3, 0.4) is 0 Å². The van der Waals surface area contributed by atoms with E-state index in [9.17, 15) is 4.79 Å². The zero-order chi connectivity index (χ0) is 10.9. The third-order valence-corrected chi connectivity index (χ3v) is 1.27. The van der Waals surface area contributed by atoms with E-state index in [4.69, 9.17) is 5.73 Å². The molecule has 0 aliphatic rings. The standard InChI is InChI=1S/C4H8N2OS.C2H6N2S/c1-3(7)6-4(8)5-2;1-4-2(3)5/h1-2H3,(H2,5,6,7,8);1H3,(H3,3,4,5). The van der Waals surface area contributed by atoms with Crippen LogP contribution in [-0.2, 0) is 4.79 Å². The lowest BCUT2D eigenvalue weighted by Crippen LogP contribution is -2.35. The molecule has 0 aromatic carbocycles. The fraction of sp³-hybridized carbons (Fsp3) is 0.500. The molecule has 0 saturated carbocycles. The number of carbonyl (C=O) groups is 1. The highest BCUT2D eigenvalue weighted by atomic mass is 32.1. The third kappa shape index (κ3) is 18.2. The second-order valence-electron chi connectivity index (χ2n) is 1.87. The molecule has 0 unspecified atom stereocenters. The first-order valence-electron chi connectivity index (χ1n) is 3.40. The molecule has 0 aromatic rings. The Balaban J connectivity index is 0. The molecule has 5 N–H and O–H groups in total. The summed E-state index contributed by atoms with van der Waals surface area (Å²) >= 11 is 8.95. The molecule has 76 valence electrons. The Morgan fingerprint density at radius 1 is 1.23 bits per heavy atom. The topological polar surface area (TPSA) is 79.2 Å². The van der Waals surface area contributed by atoms with Gasteiger partial charge in [-0.3, -0.25) is 4.79 Å². The molecule has 0 saturated heterocycles. The van der Waals surface area contributed by atoms with Gasteiger partial charge in [0.15, 0.2) is 10.2 Å². The minimum Gasteiger partial charge on any atom is -0.376 e. The molecule has 0 heterocycles. The van der Waals surface area contributed by atoms with Crippen LogP contribution in [0.5, 0.6) is 0 Å². The maximum absolute atomic E-state index is 10.2. The Hall–Kier alpha value is -0.950. The van der Waals surface area contributed by atoms with Crippen LogP contribution < -0.4 is 21.7 Å². The lowest BCUT2D eigenvalue weighted by atomic mass is 10.7. The van der Waals surface area contributed by atoms with Gasteiger partial charge in [0.25, 0.3) is 0 Å². The van der Waals surface area contributed by atoms with Crippen molar-refractivity contribution in [3.05, 3.63) is 0 Å². The third-order valence-electron chi connectivity index (χ3n) is 0.763. The van der Waals surface area contributed by atoms with E-state index in [-0.39, 0.29) is 5.91 Å². The maximum Gasteiger partial charge on any atom is 0.222 e. The molecule has 0 aliphatic carbocycles. The summed E-state index contributed by atoms with van der Waals surface area (Å²) in [4.78, 5) is 10.2. The summed E-state index contributed by atoms with van der Waals surface area (Å²) in [5, 5.41) is 8.20. The summed E-state index contributed by atoms with van der Waals surface area (Å²) in [6.07, 6.45) is 0. The molecule has 0 atom stereocenters. The molecular formula is C6H14N4OS2. The van der Waals surface area contributed by atoms with Crippen molar-refractivity contribution in [3.8, 4) is 0 Å². The SMILES string of the molecule is CNC(=S)NC(C)=O.CNC(N)=S. The van der Waals surface area contributed by atoms with Gasteiger partial charge in [-0.1, -0.05) is 0 Å². The Morgan fingerprint density at radius 2 is 1.62 bits per heavy atom. The van der Waals surface area contributed by atoms with Crippen molar-refractivity contribution in [2.45, 2.75) is 6.92 Å². The van der Waals surface area contributed by atoms with Crippen molar-refractivity contribution in [1.29, 1.82) is 0 Å². The van der Waals surface area contributed by atoms with E-state index in [1.165, 1.54) is 6.92 Å². The van der Waals surface area contributed by atoms with Crippen molar-refractivity contribution < 1.29 is 4.79 Å². The van der Waals surface area contributed by atoms with E-state index in [2.05, 4.69) is 40.4 Å². The van der Waals surface area contributed by atoms with E-state index in [0.717, 1.165) is 0 Å². The van der Waals surface area contributed by atoms with Gasteiger partial charge >= 0.3 is 0 Å². The molecule has 1 amide bonds. The second kappa shape index (κ2) is 9.14. The summed E-state index contributed by atoms with van der Waals surface area (Å²) in [5.41, 5.74) is 4.91. The van der Waals surface area contributed by atoms with Gasteiger partial charge in [0.05, 0.1) is 0 Å². The maximum atomic E-state index is 10.2. The van der Waals surface area contributed by atoms with Crippen LogP contribution in [0.4, 0.5) is 0 Å². The molecule has 0 fully saturated rings. The number of nitrogens with one attached hydrogen (secondary N) is 3. The van der Waals surface area contributed by atoms with Crippen LogP contribution in [0.1, 0.15) is 6.92 Å². The minimum absolute atomic E-state index is 0.149. The van der Waals surface area contributed by atoms with Gasteiger partial charge < -0.3 is 21.7 Å². The van der Waals surface area contributed by atoms with Gasteiger partial charge in [0.1, 0.15) is 0 Å². The Labute approximate surface area is 88.4 Å². The fourth-order valence-corrected chi connectivity index (χ4v) is 0.366. The first-order valence-corrected chi connectivity index (χ1v) is 4.22. The molecule has 0 aliphatic heterocycles. The minimum atomic E-state index is -0.149. The lowest BCUT2D eigenvalue weighted by molar-refractivity contribution is -0.117. The van der Waals surface area contributed by atoms with Gasteiger partial charge in [-0.05, 0) is 24.4 Å². The number of carbonyl (C=O) groups excluding carboxylic acids is 1. The summed E-state index contributed by atoms with van der Waals surface area (Å²) in [7, 11) is 3.33. The Kier molecular flexibility index (Phi) is 10.2. The van der Waals surface area contributed by atoms with Gasteiger partial charge in [-0.15, -0.1) is 0 Å². The first-order chi connectivity index (χ1) is 5.93. The monoisotopic (exact) mass is 222 g/mol. The molecule has 0 bridgehead atoms. The van der Waals surface area contributed by atoms with Crippen LogP contribution in [0.2, 0.25) is 0 Å². The number of nitrogens with two attached hydrogens (primary N) is 1. The highest BCUT2D eigenvalue weighted by molar-refractivity contribution is 7.80. The number of hydrogen-bond acceptors (Lipinski definition) is 3. The summed E-state index contributed by atoms with van der Waals surface area (Å²) in [6.45, 7) is 1.41. The zero-order valence-corrected chi connectivity index (χ0v) is 9.44. The predicted octanol–water partition coefficient (Wildman–Crippen LogP) is -0.924. The molecule has 0 spiro atoms. The molecule has 13 heavy (non-hydrogen) atoms. The average Bonchev–Trinajstić information content (AvgIpc) is 2.04. The normalized spacial score (nSPS) is 7.31. The van der Waals surface area contributed by atoms with Crippen molar-refractivity contribution in [3.63, 3.8) is 0 Å². The lowest BCUT2D eigenvalue weighted by Gasteiger charge is -1.99. The molecule has 5 nitrogen and oxygen atoms in total. The second-order valence-corrected chi connectivity index (χ2v) is 2.72. The molecule has 7 heteroatoms. The highest BCUT2D eigenvalue weighted by Crippen LogP contribution is 1.62. The van der Waals surface area contributed by atoms with Crippen LogP contribution in [0.25, 0.3) is 0 Å². The van der Waals surface area contributed by atoms with E-state index in [0.29, 0.717) is 10.2 Å². The van der Waals surface area contributed by atoms with E-state index >= 15 is 0 Å². The van der Waals surface area contributed by atoms with Gasteiger partial charge in [-0.2, -0.15) is 0 Å². The van der Waals surface area contributed by atoms with Crippen LogP contribution in [-0.4, -0.2) is 30.2 Å². The summed E-state index contributed by atoms with van der Waals surface area (Å²) in [6, 6.07) is 0.